The molecule has 9 heteroatoms. The molecule has 0 bridgehead atoms. The number of amides is 1. The van der Waals surface area contributed by atoms with Gasteiger partial charge in [-0.1, -0.05) is 26.7 Å². The summed E-state index contributed by atoms with van der Waals surface area (Å²) in [6.45, 7) is 4.16. The van der Waals surface area contributed by atoms with E-state index in [0.717, 1.165) is 12.8 Å². The molecule has 0 aromatic rings. The molecule has 0 fully saturated rings. The lowest BCUT2D eigenvalue weighted by atomic mass is 10.0. The lowest BCUT2D eigenvalue weighted by Crippen LogP contribution is -2.43. The highest BCUT2D eigenvalue weighted by Crippen LogP contribution is 2.08. The van der Waals surface area contributed by atoms with Crippen LogP contribution in [-0.4, -0.2) is 51.7 Å². The van der Waals surface area contributed by atoms with Gasteiger partial charge in [-0.15, -0.1) is 0 Å². The highest BCUT2D eigenvalue weighted by molar-refractivity contribution is 5.89. The molecule has 0 aromatic heterocycles. The van der Waals surface area contributed by atoms with E-state index in [9.17, 15) is 19.2 Å². The van der Waals surface area contributed by atoms with Crippen molar-refractivity contribution in [2.24, 2.45) is 11.7 Å². The normalized spacial score (nSPS) is 12.8. The molecule has 6 N–H and O–H groups in total. The van der Waals surface area contributed by atoms with E-state index in [0.29, 0.717) is 31.5 Å². The van der Waals surface area contributed by atoms with Crippen LogP contribution in [-0.2, 0) is 19.2 Å². The van der Waals surface area contributed by atoms with Gasteiger partial charge in [0, 0.05) is 18.7 Å². The molecule has 0 saturated carbocycles. The molecule has 0 aromatic carbocycles. The number of carboxylic acids is 3. The van der Waals surface area contributed by atoms with Gasteiger partial charge in [0.25, 0.3) is 0 Å². The molecule has 0 aliphatic rings. The second kappa shape index (κ2) is 14.2. The number of unbranched alkanes of at least 4 members (excludes halogenated alkanes) is 1. The molecule has 0 rings (SSSR count). The third-order valence-electron chi connectivity index (χ3n) is 2.99. The van der Waals surface area contributed by atoms with E-state index < -0.39 is 35.8 Å². The number of rotatable bonds is 11. The third kappa shape index (κ3) is 14.5. The van der Waals surface area contributed by atoms with Crippen LogP contribution in [0.3, 0.4) is 0 Å². The fraction of sp³-hybridized carbons (Fsp3) is 0.600. The number of carbonyl (C=O) groups excluding carboxylic acids is 1. The quantitative estimate of drug-likeness (QED) is 0.336. The fourth-order valence-electron chi connectivity index (χ4n) is 1.64. The van der Waals surface area contributed by atoms with E-state index in [4.69, 9.17) is 21.1 Å². The first-order valence-corrected chi connectivity index (χ1v) is 7.55. The van der Waals surface area contributed by atoms with Crippen molar-refractivity contribution in [3.63, 3.8) is 0 Å². The minimum absolute atomic E-state index is 0.302. The van der Waals surface area contributed by atoms with Crippen LogP contribution in [0.2, 0.25) is 0 Å². The van der Waals surface area contributed by atoms with Crippen molar-refractivity contribution >= 4 is 23.8 Å². The Balaban J connectivity index is 0. The van der Waals surface area contributed by atoms with E-state index in [2.05, 4.69) is 5.32 Å². The zero-order chi connectivity index (χ0) is 19.1. The molecule has 0 spiro atoms. The third-order valence-corrected chi connectivity index (χ3v) is 2.99. The Morgan fingerprint density at radius 2 is 1.54 bits per heavy atom. The number of hydrogen-bond acceptors (Lipinski definition) is 5. The molecular formula is C15H26N2O7. The smallest absolute Gasteiger partial charge is 0.328 e. The summed E-state index contributed by atoms with van der Waals surface area (Å²) in [5.41, 5.74) is 5.16. The minimum Gasteiger partial charge on any atom is -0.481 e. The molecule has 0 aliphatic heterocycles. The Kier molecular flexibility index (Phi) is 14.1. The van der Waals surface area contributed by atoms with E-state index in [-0.39, 0.29) is 0 Å². The lowest BCUT2D eigenvalue weighted by Gasteiger charge is -2.17. The van der Waals surface area contributed by atoms with E-state index in [1.54, 1.807) is 0 Å². The van der Waals surface area contributed by atoms with Crippen molar-refractivity contribution in [1.29, 1.82) is 0 Å². The zero-order valence-electron chi connectivity index (χ0n) is 13.9. The van der Waals surface area contributed by atoms with Crippen LogP contribution >= 0.6 is 0 Å². The molecule has 0 aliphatic carbocycles. The summed E-state index contributed by atoms with van der Waals surface area (Å²) in [5, 5.41) is 27.5. The van der Waals surface area contributed by atoms with Crippen LogP contribution in [0.1, 0.15) is 39.5 Å². The number of carbonyl (C=O) groups is 4. The minimum atomic E-state index is -1.26. The summed E-state index contributed by atoms with van der Waals surface area (Å²) >= 11 is 0. The Bertz CT molecular complexity index is 433. The van der Waals surface area contributed by atoms with Gasteiger partial charge in [-0.05, 0) is 12.8 Å². The summed E-state index contributed by atoms with van der Waals surface area (Å²) in [6.07, 6.45) is 4.18. The number of primary amides is 1. The van der Waals surface area contributed by atoms with Crippen molar-refractivity contribution < 1.29 is 34.5 Å². The van der Waals surface area contributed by atoms with Crippen LogP contribution in [0.15, 0.2) is 12.2 Å². The van der Waals surface area contributed by atoms with Crippen LogP contribution in [0, 0.1) is 5.92 Å². The van der Waals surface area contributed by atoms with Crippen molar-refractivity contribution in [1.82, 2.24) is 5.32 Å². The van der Waals surface area contributed by atoms with Gasteiger partial charge in [0.1, 0.15) is 0 Å². The molecule has 0 radical (unpaired) electrons. The average Bonchev–Trinajstić information content (AvgIpc) is 2.48. The number of nitrogens with two attached hydrogens (primary N) is 1. The van der Waals surface area contributed by atoms with Gasteiger partial charge in [-0.3, -0.25) is 9.59 Å². The van der Waals surface area contributed by atoms with Crippen molar-refractivity contribution in [3.8, 4) is 0 Å². The summed E-state index contributed by atoms with van der Waals surface area (Å²) in [6, 6.07) is -0.427. The van der Waals surface area contributed by atoms with Crippen LogP contribution in [0.25, 0.3) is 0 Å². The maximum atomic E-state index is 10.9. The first kappa shape index (κ1) is 23.8. The number of hydrogen-bond donors (Lipinski definition) is 5. The summed E-state index contributed by atoms with van der Waals surface area (Å²) < 4.78 is 0. The molecule has 1 amide bonds. The van der Waals surface area contributed by atoms with Crippen molar-refractivity contribution in [3.05, 3.63) is 12.2 Å². The van der Waals surface area contributed by atoms with E-state index in [1.165, 1.54) is 0 Å². The standard InChI is InChI=1S/C11H22N2O3.C4H4O4/c1-3-5-6-8(11(15)16)7-13-9(4-2)10(12)14;5-3(6)1-2-4(7)8/h8-9,13H,3-7H2,1-2H3,(H2,12,14)(H,15,16);1-2H,(H,5,6)(H,7,8)/b;2-1-/t8?,9-;/m0./s1. The fourth-order valence-corrected chi connectivity index (χ4v) is 1.64. The van der Waals surface area contributed by atoms with Gasteiger partial charge < -0.3 is 26.4 Å². The maximum absolute atomic E-state index is 10.9. The van der Waals surface area contributed by atoms with Crippen molar-refractivity contribution in [2.45, 2.75) is 45.6 Å². The number of carboxylic acid groups (broad SMARTS) is 3. The summed E-state index contributed by atoms with van der Waals surface area (Å²) in [4.78, 5) is 41.0. The van der Waals surface area contributed by atoms with Crippen LogP contribution in [0.4, 0.5) is 0 Å². The monoisotopic (exact) mass is 346 g/mol. The molecule has 0 heterocycles. The second-order valence-corrected chi connectivity index (χ2v) is 4.96. The van der Waals surface area contributed by atoms with Gasteiger partial charge in [-0.25, -0.2) is 9.59 Å². The highest BCUT2D eigenvalue weighted by atomic mass is 16.4. The Morgan fingerprint density at radius 1 is 1.04 bits per heavy atom. The molecule has 138 valence electrons. The Labute approximate surface area is 140 Å². The van der Waals surface area contributed by atoms with Gasteiger partial charge >= 0.3 is 17.9 Å². The van der Waals surface area contributed by atoms with Gasteiger partial charge in [0.2, 0.25) is 5.91 Å². The zero-order valence-corrected chi connectivity index (χ0v) is 13.9. The molecule has 0 saturated heterocycles. The first-order chi connectivity index (χ1) is 11.1. The van der Waals surface area contributed by atoms with Crippen LogP contribution < -0.4 is 11.1 Å². The van der Waals surface area contributed by atoms with Crippen LogP contribution in [0.5, 0.6) is 0 Å². The topological polar surface area (TPSA) is 167 Å². The second-order valence-electron chi connectivity index (χ2n) is 4.96. The predicted molar refractivity (Wildman–Crippen MR) is 86.3 cm³/mol. The molecular weight excluding hydrogens is 320 g/mol. The lowest BCUT2D eigenvalue weighted by molar-refractivity contribution is -0.142. The molecule has 24 heavy (non-hydrogen) atoms. The SMILES string of the molecule is CCCCC(CN[C@@H](CC)C(N)=O)C(=O)O.O=C(O)/C=C\C(=O)O. The molecule has 2 atom stereocenters. The van der Waals surface area contributed by atoms with E-state index >= 15 is 0 Å². The summed E-state index contributed by atoms with van der Waals surface area (Å²) in [5.74, 6) is -4.20. The van der Waals surface area contributed by atoms with Crippen molar-refractivity contribution in [2.75, 3.05) is 6.54 Å². The van der Waals surface area contributed by atoms with E-state index in [1.807, 2.05) is 13.8 Å². The molecule has 1 unspecified atom stereocenters. The maximum Gasteiger partial charge on any atom is 0.328 e. The first-order valence-electron chi connectivity index (χ1n) is 7.55. The van der Waals surface area contributed by atoms with Gasteiger partial charge in [0.15, 0.2) is 0 Å². The Hall–Kier alpha value is -2.42. The highest BCUT2D eigenvalue weighted by Gasteiger charge is 2.19. The number of aliphatic carboxylic acids is 3. The summed E-state index contributed by atoms with van der Waals surface area (Å²) in [7, 11) is 0. The average molecular weight is 346 g/mol. The van der Waals surface area contributed by atoms with Gasteiger partial charge in [-0.2, -0.15) is 0 Å². The molecule has 9 nitrogen and oxygen atoms in total. The largest absolute Gasteiger partial charge is 0.481 e. The van der Waals surface area contributed by atoms with Gasteiger partial charge in [0.05, 0.1) is 12.0 Å². The Morgan fingerprint density at radius 3 is 1.83 bits per heavy atom. The predicted octanol–water partition coefficient (Wildman–Crippen LogP) is 0.443. The number of nitrogens with one attached hydrogen (secondary N) is 1.